The van der Waals surface area contributed by atoms with Gasteiger partial charge in [0, 0.05) is 31.7 Å². The van der Waals surface area contributed by atoms with Crippen molar-refractivity contribution in [1.29, 1.82) is 0 Å². The molecule has 5 heteroatoms. The molecule has 1 aliphatic carbocycles. The maximum atomic E-state index is 6.20. The van der Waals surface area contributed by atoms with E-state index in [0.717, 1.165) is 50.4 Å². The third-order valence-electron chi connectivity index (χ3n) is 10.3. The summed E-state index contributed by atoms with van der Waals surface area (Å²) in [7, 11) is 0. The Morgan fingerprint density at radius 3 is 2.22 bits per heavy atom. The van der Waals surface area contributed by atoms with Crippen LogP contribution in [0.15, 0.2) is 126 Å². The normalized spacial score (nSPS) is 13.5. The van der Waals surface area contributed by atoms with Crippen LogP contribution in [-0.4, -0.2) is 23.2 Å². The Labute approximate surface area is 313 Å². The summed E-state index contributed by atoms with van der Waals surface area (Å²) in [5.74, 6) is 7.88. The Morgan fingerprint density at radius 1 is 0.740 bits per heavy atom. The third kappa shape index (κ3) is 7.59. The average Bonchev–Trinajstić information content (AvgIpc) is 3.82. The molecule has 0 amide bonds. The average molecular weight is 894 g/mol. The van der Waals surface area contributed by atoms with Crippen LogP contribution in [0.1, 0.15) is 45.1 Å². The van der Waals surface area contributed by atoms with Gasteiger partial charge < -0.3 is 9.40 Å². The van der Waals surface area contributed by atoms with E-state index < -0.39 is 13.3 Å². The largest absolute Gasteiger partial charge is 0 e. The molecule has 1 radical (unpaired) electrons. The first-order chi connectivity index (χ1) is 23.7. The zero-order valence-corrected chi connectivity index (χ0v) is 34.1. The molecule has 3 aromatic heterocycles. The molecule has 7 aromatic rings. The molecule has 0 saturated heterocycles. The first kappa shape index (κ1) is 36.0. The molecule has 3 nitrogen and oxygen atoms in total. The van der Waals surface area contributed by atoms with Crippen molar-refractivity contribution >= 4 is 39.6 Å². The zero-order valence-electron chi connectivity index (χ0n) is 29.6. The molecular weight excluding hydrogens is 849 g/mol. The fourth-order valence-corrected chi connectivity index (χ4v) is 9.36. The van der Waals surface area contributed by atoms with Gasteiger partial charge in [-0.1, -0.05) is 80.6 Å². The van der Waals surface area contributed by atoms with Crippen LogP contribution in [0.5, 0.6) is 0 Å². The number of nitrogens with zero attached hydrogens (tertiary/aromatic N) is 2. The molecule has 0 aliphatic heterocycles. The second-order valence-electron chi connectivity index (χ2n) is 14.9. The van der Waals surface area contributed by atoms with Crippen LogP contribution < -0.4 is 4.40 Å². The SMILES string of the molecule is CC(C)(c1ccnc(-c2[c-]cc3oc4cccc(-c5ccccc5)c4c3c2)c1)C1CCCC1.[CH3][Ge]([CH3])([CH3])[c]1ccc(-c2[c-]cccc2)nc1.[Ir]. The molecule has 4 aromatic carbocycles. The fourth-order valence-electron chi connectivity index (χ4n) is 7.19. The van der Waals surface area contributed by atoms with Crippen molar-refractivity contribution in [1.82, 2.24) is 9.97 Å². The Hall–Kier alpha value is -3.83. The van der Waals surface area contributed by atoms with E-state index in [1.54, 1.807) is 0 Å². The number of fused-ring (bicyclic) bond motifs is 3. The standard InChI is InChI=1S/C31H28NO.C14H16GeN.Ir/c1-31(2,23-11-6-7-12-23)24-17-18-32-27(20-24)22-15-16-28-26(19-22)30-25(13-8-14-29(30)33-28)21-9-4-3-5-10-21;1-15(2,3)13-9-10-14(16-11-13)12-7-5-4-6-8-12;/h3-5,8-10,13-14,16-20,23H,6-7,11-12H2,1-2H3;4-7,9-11H,1-3H3;/q2*-1;. The molecule has 0 spiro atoms. The predicted molar refractivity (Wildman–Crippen MR) is 208 cm³/mol. The number of aromatic nitrogens is 2. The van der Waals surface area contributed by atoms with E-state index in [1.807, 2.05) is 48.8 Å². The van der Waals surface area contributed by atoms with Gasteiger partial charge in [-0.3, -0.25) is 0 Å². The number of rotatable bonds is 6. The van der Waals surface area contributed by atoms with E-state index in [4.69, 9.17) is 9.40 Å². The Bertz CT molecular complexity index is 2180. The number of pyridine rings is 2. The monoisotopic (exact) mass is 895 g/mol. The first-order valence-corrected chi connectivity index (χ1v) is 24.9. The van der Waals surface area contributed by atoms with Crippen molar-refractivity contribution in [3.8, 4) is 33.6 Å². The van der Waals surface area contributed by atoms with Crippen LogP contribution in [0, 0.1) is 18.1 Å². The van der Waals surface area contributed by atoms with Crippen molar-refractivity contribution in [2.24, 2.45) is 5.92 Å². The van der Waals surface area contributed by atoms with Crippen LogP contribution in [0.4, 0.5) is 0 Å². The summed E-state index contributed by atoms with van der Waals surface area (Å²) in [5.41, 5.74) is 9.74. The van der Waals surface area contributed by atoms with Gasteiger partial charge in [0.15, 0.2) is 0 Å². The van der Waals surface area contributed by atoms with Crippen molar-refractivity contribution in [2.75, 3.05) is 0 Å². The molecule has 8 rings (SSSR count). The summed E-state index contributed by atoms with van der Waals surface area (Å²) >= 11 is -1.72. The Kier molecular flexibility index (Phi) is 10.9. The molecule has 50 heavy (non-hydrogen) atoms. The van der Waals surface area contributed by atoms with Gasteiger partial charge >= 0.3 is 99.8 Å². The predicted octanol–water partition coefficient (Wildman–Crippen LogP) is 11.7. The van der Waals surface area contributed by atoms with Crippen LogP contribution in [0.2, 0.25) is 17.3 Å². The minimum absolute atomic E-state index is 0. The van der Waals surface area contributed by atoms with E-state index in [9.17, 15) is 0 Å². The molecule has 0 N–H and O–H groups in total. The molecule has 0 unspecified atom stereocenters. The quantitative estimate of drug-likeness (QED) is 0.123. The van der Waals surface area contributed by atoms with E-state index >= 15 is 0 Å². The van der Waals surface area contributed by atoms with E-state index in [0.29, 0.717) is 0 Å². The number of benzene rings is 4. The van der Waals surface area contributed by atoms with Crippen molar-refractivity contribution < 1.29 is 24.5 Å². The van der Waals surface area contributed by atoms with Gasteiger partial charge in [-0.05, 0) is 58.7 Å². The van der Waals surface area contributed by atoms with Gasteiger partial charge in [-0.2, -0.15) is 0 Å². The molecule has 1 aliphatic rings. The van der Waals surface area contributed by atoms with E-state index in [2.05, 4.69) is 121 Å². The molecule has 1 saturated carbocycles. The van der Waals surface area contributed by atoms with Crippen LogP contribution >= 0.6 is 0 Å². The third-order valence-corrected chi connectivity index (χ3v) is 14.5. The van der Waals surface area contributed by atoms with Crippen LogP contribution in [0.25, 0.3) is 55.6 Å². The van der Waals surface area contributed by atoms with E-state index in [1.165, 1.54) is 46.8 Å². The zero-order chi connectivity index (χ0) is 34.0. The fraction of sp³-hybridized carbons (Fsp3) is 0.244. The maximum absolute atomic E-state index is 6.20. The smallest absolute Gasteiger partial charge is 0 e. The summed E-state index contributed by atoms with van der Waals surface area (Å²) in [6.45, 7) is 4.79. The van der Waals surface area contributed by atoms with Crippen molar-refractivity contribution in [3.63, 3.8) is 0 Å². The van der Waals surface area contributed by atoms with Gasteiger partial charge in [0.25, 0.3) is 0 Å². The number of hydrogen-bond donors (Lipinski definition) is 0. The number of hydrogen-bond acceptors (Lipinski definition) is 3. The minimum atomic E-state index is -1.72. The second kappa shape index (κ2) is 15.2. The van der Waals surface area contributed by atoms with E-state index in [-0.39, 0.29) is 25.5 Å². The van der Waals surface area contributed by atoms with Gasteiger partial charge in [0.1, 0.15) is 5.58 Å². The molecule has 1 fully saturated rings. The second-order valence-corrected chi connectivity index (χ2v) is 25.5. The van der Waals surface area contributed by atoms with Gasteiger partial charge in [-0.25, -0.2) is 0 Å². The molecular formula is C45H44GeIrN2O-2. The molecule has 255 valence electrons. The van der Waals surface area contributed by atoms with Crippen LogP contribution in [-0.2, 0) is 25.5 Å². The molecule has 0 bridgehead atoms. The first-order valence-electron chi connectivity index (χ1n) is 17.5. The summed E-state index contributed by atoms with van der Waals surface area (Å²) in [6, 6.07) is 44.4. The summed E-state index contributed by atoms with van der Waals surface area (Å²) in [4.78, 5) is 9.27. The maximum Gasteiger partial charge on any atom is 0 e. The molecule has 3 heterocycles. The van der Waals surface area contributed by atoms with Crippen molar-refractivity contribution in [2.45, 2.75) is 62.2 Å². The topological polar surface area (TPSA) is 38.9 Å². The summed E-state index contributed by atoms with van der Waals surface area (Å²) in [5, 5.41) is 2.26. The minimum Gasteiger partial charge on any atom is 0 e. The summed E-state index contributed by atoms with van der Waals surface area (Å²) < 4.78 is 7.64. The van der Waals surface area contributed by atoms with Gasteiger partial charge in [0.2, 0.25) is 0 Å². The summed E-state index contributed by atoms with van der Waals surface area (Å²) in [6.07, 6.45) is 9.36. The van der Waals surface area contributed by atoms with Gasteiger partial charge in [0.05, 0.1) is 5.58 Å². The Balaban J connectivity index is 0.000000215. The van der Waals surface area contributed by atoms with Gasteiger partial charge in [-0.15, -0.1) is 23.8 Å². The Morgan fingerprint density at radius 2 is 1.52 bits per heavy atom. The van der Waals surface area contributed by atoms with Crippen molar-refractivity contribution in [3.05, 3.63) is 139 Å². The molecule has 0 atom stereocenters. The van der Waals surface area contributed by atoms with Crippen LogP contribution in [0.3, 0.4) is 0 Å². The number of furan rings is 1.